The third-order valence-corrected chi connectivity index (χ3v) is 4.03. The summed E-state index contributed by atoms with van der Waals surface area (Å²) in [6.07, 6.45) is 1.11. The van der Waals surface area contributed by atoms with Gasteiger partial charge in [-0.3, -0.25) is 0 Å². The van der Waals surface area contributed by atoms with Gasteiger partial charge in [0.1, 0.15) is 0 Å². The van der Waals surface area contributed by atoms with Crippen molar-refractivity contribution in [2.24, 2.45) is 0 Å². The molecule has 7 heteroatoms. The fraction of sp³-hybridized carbons (Fsp3) is 0.429. The van der Waals surface area contributed by atoms with Gasteiger partial charge in [-0.15, -0.1) is 0 Å². The maximum Gasteiger partial charge on any atom is 0.228 e. The van der Waals surface area contributed by atoms with Crippen molar-refractivity contribution in [1.82, 2.24) is 15.5 Å². The summed E-state index contributed by atoms with van der Waals surface area (Å²) in [6, 6.07) is 5.63. The van der Waals surface area contributed by atoms with E-state index in [0.29, 0.717) is 41.2 Å². The van der Waals surface area contributed by atoms with Gasteiger partial charge in [0.05, 0.1) is 13.2 Å². The zero-order valence-electron chi connectivity index (χ0n) is 11.3. The van der Waals surface area contributed by atoms with Gasteiger partial charge in [0.2, 0.25) is 5.89 Å². The highest BCUT2D eigenvalue weighted by molar-refractivity contribution is 6.36. The second-order valence-electron chi connectivity index (χ2n) is 4.91. The van der Waals surface area contributed by atoms with E-state index in [9.17, 15) is 0 Å². The molecule has 1 unspecified atom stereocenters. The number of benzene rings is 1. The van der Waals surface area contributed by atoms with Gasteiger partial charge in [-0.25, -0.2) is 0 Å². The molecule has 1 aliphatic heterocycles. The Labute approximate surface area is 132 Å². The predicted octanol–water partition coefficient (Wildman–Crippen LogP) is 2.50. The lowest BCUT2D eigenvalue weighted by molar-refractivity contribution is 0.0744. The molecule has 0 aliphatic carbocycles. The molecule has 5 nitrogen and oxygen atoms in total. The molecule has 1 N–H and O–H groups in total. The Morgan fingerprint density at radius 1 is 1.29 bits per heavy atom. The summed E-state index contributed by atoms with van der Waals surface area (Å²) in [5.41, 5.74) is 0.812. The molecule has 112 valence electrons. The average Bonchev–Trinajstić information content (AvgIpc) is 2.91. The van der Waals surface area contributed by atoms with E-state index in [2.05, 4.69) is 15.5 Å². The largest absolute Gasteiger partial charge is 0.378 e. The van der Waals surface area contributed by atoms with Crippen LogP contribution in [0.4, 0.5) is 0 Å². The van der Waals surface area contributed by atoms with Crippen LogP contribution in [0.15, 0.2) is 22.7 Å². The van der Waals surface area contributed by atoms with E-state index in [-0.39, 0.29) is 6.04 Å². The minimum Gasteiger partial charge on any atom is -0.378 e. The molecule has 1 atom stereocenters. The highest BCUT2D eigenvalue weighted by atomic mass is 35.5. The van der Waals surface area contributed by atoms with Crippen molar-refractivity contribution in [2.75, 3.05) is 19.8 Å². The topological polar surface area (TPSA) is 60.2 Å². The summed E-state index contributed by atoms with van der Waals surface area (Å²) in [6.45, 7) is 2.26. The van der Waals surface area contributed by atoms with Crippen LogP contribution in [0.25, 0.3) is 0 Å². The van der Waals surface area contributed by atoms with Gasteiger partial charge < -0.3 is 14.6 Å². The van der Waals surface area contributed by atoms with Crippen LogP contribution in [0.2, 0.25) is 10.0 Å². The van der Waals surface area contributed by atoms with Gasteiger partial charge in [-0.05, 0) is 17.7 Å². The monoisotopic (exact) mass is 327 g/mol. The maximum absolute atomic E-state index is 6.14. The summed E-state index contributed by atoms with van der Waals surface area (Å²) < 4.78 is 10.7. The van der Waals surface area contributed by atoms with Crippen molar-refractivity contribution >= 4 is 23.2 Å². The number of nitrogens with one attached hydrogen (secondary N) is 1. The number of aromatic nitrogens is 2. The van der Waals surface area contributed by atoms with E-state index in [1.807, 2.05) is 6.07 Å². The molecule has 1 saturated heterocycles. The Morgan fingerprint density at radius 3 is 2.81 bits per heavy atom. The lowest BCUT2D eigenvalue weighted by atomic mass is 10.1. The molecule has 3 rings (SSSR count). The van der Waals surface area contributed by atoms with E-state index in [4.69, 9.17) is 32.5 Å². The molecule has 1 fully saturated rings. The molecule has 1 aromatic carbocycles. The highest BCUT2D eigenvalue weighted by Crippen LogP contribution is 2.26. The lowest BCUT2D eigenvalue weighted by Crippen LogP contribution is -2.42. The number of rotatable bonds is 4. The van der Waals surface area contributed by atoms with Crippen molar-refractivity contribution in [3.05, 3.63) is 45.5 Å². The second-order valence-corrected chi connectivity index (χ2v) is 5.73. The first-order valence-corrected chi connectivity index (χ1v) is 7.53. The third kappa shape index (κ3) is 3.74. The van der Waals surface area contributed by atoms with Crippen molar-refractivity contribution in [3.8, 4) is 0 Å². The first-order chi connectivity index (χ1) is 10.2. The molecule has 1 aliphatic rings. The standard InChI is InChI=1S/C14H15Cl2N3O2/c15-11-2-1-3-12(16)10(11)7-13-18-14(21-19-13)6-9-8-20-5-4-17-9/h1-3,9,17H,4-8H2. The van der Waals surface area contributed by atoms with Gasteiger partial charge in [0, 0.05) is 35.5 Å². The van der Waals surface area contributed by atoms with Crippen molar-refractivity contribution in [2.45, 2.75) is 18.9 Å². The first kappa shape index (κ1) is 14.8. The SMILES string of the molecule is Clc1cccc(Cl)c1Cc1noc(CC2COCCN2)n1. The molecule has 0 radical (unpaired) electrons. The number of halogens is 2. The quantitative estimate of drug-likeness (QED) is 0.934. The molecule has 0 saturated carbocycles. The van der Waals surface area contributed by atoms with Crippen LogP contribution in [-0.2, 0) is 17.6 Å². The van der Waals surface area contributed by atoms with Gasteiger partial charge in [0.15, 0.2) is 5.82 Å². The van der Waals surface area contributed by atoms with E-state index in [1.54, 1.807) is 12.1 Å². The number of nitrogens with zero attached hydrogens (tertiary/aromatic N) is 2. The summed E-state index contributed by atoms with van der Waals surface area (Å²) in [5.74, 6) is 1.17. The molecule has 2 heterocycles. The van der Waals surface area contributed by atoms with E-state index in [1.165, 1.54) is 0 Å². The summed E-state index contributed by atoms with van der Waals surface area (Å²) in [4.78, 5) is 4.39. The van der Waals surface area contributed by atoms with Crippen molar-refractivity contribution in [1.29, 1.82) is 0 Å². The third-order valence-electron chi connectivity index (χ3n) is 3.33. The Balaban J connectivity index is 1.67. The van der Waals surface area contributed by atoms with E-state index in [0.717, 1.165) is 18.7 Å². The Kier molecular flexibility index (Phi) is 4.75. The lowest BCUT2D eigenvalue weighted by Gasteiger charge is -2.22. The Hall–Kier alpha value is -1.14. The van der Waals surface area contributed by atoms with Crippen LogP contribution in [0, 0.1) is 0 Å². The Bertz CT molecular complexity index is 592. The van der Waals surface area contributed by atoms with Crippen molar-refractivity contribution < 1.29 is 9.26 Å². The smallest absolute Gasteiger partial charge is 0.228 e. The first-order valence-electron chi connectivity index (χ1n) is 6.78. The molecule has 0 amide bonds. The van der Waals surface area contributed by atoms with Crippen LogP contribution in [-0.4, -0.2) is 35.9 Å². The average molecular weight is 328 g/mol. The molecule has 1 aromatic heterocycles. The predicted molar refractivity (Wildman–Crippen MR) is 79.9 cm³/mol. The van der Waals surface area contributed by atoms with Crippen LogP contribution in [0.5, 0.6) is 0 Å². The summed E-state index contributed by atoms with van der Waals surface area (Å²) in [7, 11) is 0. The zero-order chi connectivity index (χ0) is 14.7. The number of ether oxygens (including phenoxy) is 1. The minimum atomic E-state index is 0.218. The fourth-order valence-corrected chi connectivity index (χ4v) is 2.80. The minimum absolute atomic E-state index is 0.218. The number of morpholine rings is 1. The molecular weight excluding hydrogens is 313 g/mol. The number of hydrogen-bond donors (Lipinski definition) is 1. The van der Waals surface area contributed by atoms with Crippen LogP contribution in [0.3, 0.4) is 0 Å². The summed E-state index contributed by atoms with van der Waals surface area (Å²) in [5, 5.41) is 8.55. The second kappa shape index (κ2) is 6.75. The van der Waals surface area contributed by atoms with Gasteiger partial charge in [-0.2, -0.15) is 4.98 Å². The van der Waals surface area contributed by atoms with Crippen LogP contribution >= 0.6 is 23.2 Å². The Morgan fingerprint density at radius 2 is 2.10 bits per heavy atom. The van der Waals surface area contributed by atoms with Crippen LogP contribution in [0.1, 0.15) is 17.3 Å². The molecule has 0 spiro atoms. The molecule has 21 heavy (non-hydrogen) atoms. The number of hydrogen-bond acceptors (Lipinski definition) is 5. The van der Waals surface area contributed by atoms with Gasteiger partial charge in [-0.1, -0.05) is 34.4 Å². The summed E-state index contributed by atoms with van der Waals surface area (Å²) >= 11 is 12.3. The van der Waals surface area contributed by atoms with E-state index < -0.39 is 0 Å². The van der Waals surface area contributed by atoms with Crippen molar-refractivity contribution in [3.63, 3.8) is 0 Å². The maximum atomic E-state index is 6.14. The zero-order valence-corrected chi connectivity index (χ0v) is 12.8. The van der Waals surface area contributed by atoms with Gasteiger partial charge in [0.25, 0.3) is 0 Å². The van der Waals surface area contributed by atoms with Gasteiger partial charge >= 0.3 is 0 Å². The normalized spacial score (nSPS) is 18.9. The fourth-order valence-electron chi connectivity index (χ4n) is 2.27. The molecular formula is C14H15Cl2N3O2. The molecule has 0 bridgehead atoms. The van der Waals surface area contributed by atoms with Crippen LogP contribution < -0.4 is 5.32 Å². The highest BCUT2D eigenvalue weighted by Gasteiger charge is 2.18. The molecule has 2 aromatic rings. The van der Waals surface area contributed by atoms with E-state index >= 15 is 0 Å².